The Balaban J connectivity index is 2.13. The van der Waals surface area contributed by atoms with Crippen molar-refractivity contribution in [2.24, 2.45) is 5.10 Å². The van der Waals surface area contributed by atoms with E-state index in [1.54, 1.807) is 20.4 Å². The second kappa shape index (κ2) is 7.33. The van der Waals surface area contributed by atoms with E-state index in [9.17, 15) is 0 Å². The Kier molecular flexibility index (Phi) is 5.21. The monoisotopic (exact) mass is 284 g/mol. The van der Waals surface area contributed by atoms with E-state index in [1.165, 1.54) is 11.1 Å². The van der Waals surface area contributed by atoms with Crippen molar-refractivity contribution in [2.45, 2.75) is 13.5 Å². The first-order chi connectivity index (χ1) is 10.2. The van der Waals surface area contributed by atoms with Crippen molar-refractivity contribution in [1.29, 1.82) is 0 Å². The lowest BCUT2D eigenvalue weighted by molar-refractivity contribution is 0.284. The molecule has 0 unspecified atom stereocenters. The molecule has 0 heterocycles. The summed E-state index contributed by atoms with van der Waals surface area (Å²) in [5.74, 6) is 1.42. The van der Waals surface area contributed by atoms with Crippen molar-refractivity contribution in [3.05, 3.63) is 59.2 Å². The number of aryl methyl sites for hydroxylation is 1. The minimum Gasteiger partial charge on any atom is -0.493 e. The lowest BCUT2D eigenvalue weighted by Gasteiger charge is -2.12. The smallest absolute Gasteiger partial charge is 0.161 e. The molecular formula is C17H20N2O2. The Hall–Kier alpha value is -2.49. The molecule has 1 N–H and O–H groups in total. The van der Waals surface area contributed by atoms with E-state index in [4.69, 9.17) is 9.47 Å². The molecule has 0 aromatic heterocycles. The second-order valence-electron chi connectivity index (χ2n) is 4.61. The van der Waals surface area contributed by atoms with Gasteiger partial charge in [-0.15, -0.1) is 0 Å². The second-order valence-corrected chi connectivity index (χ2v) is 4.61. The van der Waals surface area contributed by atoms with Gasteiger partial charge in [-0.1, -0.05) is 24.3 Å². The third kappa shape index (κ3) is 3.99. The van der Waals surface area contributed by atoms with Crippen molar-refractivity contribution >= 4 is 6.21 Å². The fraction of sp³-hybridized carbons (Fsp3) is 0.235. The first-order valence-corrected chi connectivity index (χ1v) is 6.79. The highest BCUT2D eigenvalue weighted by Gasteiger charge is 2.06. The molecule has 0 fully saturated rings. The van der Waals surface area contributed by atoms with Gasteiger partial charge in [0, 0.05) is 7.05 Å². The number of hydrogen-bond acceptors (Lipinski definition) is 4. The zero-order chi connectivity index (χ0) is 15.1. The molecule has 110 valence electrons. The van der Waals surface area contributed by atoms with Gasteiger partial charge in [-0.05, 0) is 41.8 Å². The van der Waals surface area contributed by atoms with Crippen LogP contribution in [-0.4, -0.2) is 20.4 Å². The van der Waals surface area contributed by atoms with Crippen LogP contribution < -0.4 is 14.9 Å². The molecule has 21 heavy (non-hydrogen) atoms. The summed E-state index contributed by atoms with van der Waals surface area (Å²) in [6, 6.07) is 13.9. The van der Waals surface area contributed by atoms with Gasteiger partial charge in [0.1, 0.15) is 6.61 Å². The molecule has 0 saturated carbocycles. The SMILES string of the molecule is CN/N=C/c1ccc(OCc2ccccc2C)c(OC)c1. The van der Waals surface area contributed by atoms with Gasteiger partial charge in [-0.25, -0.2) is 0 Å². The Morgan fingerprint density at radius 2 is 1.95 bits per heavy atom. The summed E-state index contributed by atoms with van der Waals surface area (Å²) in [6.45, 7) is 2.60. The first-order valence-electron chi connectivity index (χ1n) is 6.79. The van der Waals surface area contributed by atoms with E-state index in [2.05, 4.69) is 29.6 Å². The third-order valence-corrected chi connectivity index (χ3v) is 3.17. The Morgan fingerprint density at radius 3 is 2.67 bits per heavy atom. The van der Waals surface area contributed by atoms with Crippen LogP contribution in [0.3, 0.4) is 0 Å². The van der Waals surface area contributed by atoms with Gasteiger partial charge in [0.2, 0.25) is 0 Å². The number of hydrazone groups is 1. The molecule has 2 aromatic carbocycles. The molecule has 4 heteroatoms. The van der Waals surface area contributed by atoms with E-state index in [0.717, 1.165) is 11.3 Å². The van der Waals surface area contributed by atoms with Crippen molar-refractivity contribution in [2.75, 3.05) is 14.2 Å². The molecule has 0 radical (unpaired) electrons. The lowest BCUT2D eigenvalue weighted by atomic mass is 10.1. The van der Waals surface area contributed by atoms with Crippen LogP contribution in [0.25, 0.3) is 0 Å². The van der Waals surface area contributed by atoms with Gasteiger partial charge in [0.25, 0.3) is 0 Å². The number of hydrogen-bond donors (Lipinski definition) is 1. The summed E-state index contributed by atoms with van der Waals surface area (Å²) in [7, 11) is 3.39. The van der Waals surface area contributed by atoms with Crippen molar-refractivity contribution < 1.29 is 9.47 Å². The Bertz CT molecular complexity index is 624. The summed E-state index contributed by atoms with van der Waals surface area (Å²) in [5.41, 5.74) is 6.05. The lowest BCUT2D eigenvalue weighted by Crippen LogP contribution is -2.00. The summed E-state index contributed by atoms with van der Waals surface area (Å²) < 4.78 is 11.2. The van der Waals surface area contributed by atoms with Crippen LogP contribution in [0.2, 0.25) is 0 Å². The molecule has 0 bridgehead atoms. The minimum absolute atomic E-state index is 0.521. The maximum Gasteiger partial charge on any atom is 0.161 e. The Morgan fingerprint density at radius 1 is 1.14 bits per heavy atom. The van der Waals surface area contributed by atoms with Crippen molar-refractivity contribution in [3.8, 4) is 11.5 Å². The molecule has 0 saturated heterocycles. The molecule has 0 amide bonds. The van der Waals surface area contributed by atoms with Gasteiger partial charge in [0.15, 0.2) is 11.5 Å². The molecule has 0 spiro atoms. The normalized spacial score (nSPS) is 10.6. The van der Waals surface area contributed by atoms with Gasteiger partial charge in [-0.3, -0.25) is 0 Å². The molecular weight excluding hydrogens is 264 g/mol. The highest BCUT2D eigenvalue weighted by Crippen LogP contribution is 2.28. The third-order valence-electron chi connectivity index (χ3n) is 3.17. The fourth-order valence-corrected chi connectivity index (χ4v) is 1.95. The summed E-state index contributed by atoms with van der Waals surface area (Å²) >= 11 is 0. The van der Waals surface area contributed by atoms with E-state index in [-0.39, 0.29) is 0 Å². The summed E-state index contributed by atoms with van der Waals surface area (Å²) in [4.78, 5) is 0. The first kappa shape index (κ1) is 14.9. The number of benzene rings is 2. The molecule has 0 aliphatic carbocycles. The minimum atomic E-state index is 0.521. The quantitative estimate of drug-likeness (QED) is 0.654. The molecule has 2 aromatic rings. The fourth-order valence-electron chi connectivity index (χ4n) is 1.95. The van der Waals surface area contributed by atoms with E-state index in [1.807, 2.05) is 30.3 Å². The number of methoxy groups -OCH3 is 1. The predicted octanol–water partition coefficient (Wildman–Crippen LogP) is 3.14. The summed E-state index contributed by atoms with van der Waals surface area (Å²) in [6.07, 6.45) is 1.73. The van der Waals surface area contributed by atoms with Crippen LogP contribution in [-0.2, 0) is 6.61 Å². The van der Waals surface area contributed by atoms with Crippen LogP contribution in [0.15, 0.2) is 47.6 Å². The van der Waals surface area contributed by atoms with Crippen LogP contribution in [0.4, 0.5) is 0 Å². The van der Waals surface area contributed by atoms with Crippen molar-refractivity contribution in [1.82, 2.24) is 5.43 Å². The van der Waals surface area contributed by atoms with Gasteiger partial charge in [-0.2, -0.15) is 5.10 Å². The standard InChI is InChI=1S/C17H20N2O2/c1-13-6-4-5-7-15(13)12-21-16-9-8-14(11-19-18-2)10-17(16)20-3/h4-11,18H,12H2,1-3H3/b19-11+. The maximum absolute atomic E-state index is 5.87. The average Bonchev–Trinajstić information content (AvgIpc) is 2.52. The van der Waals surface area contributed by atoms with Gasteiger partial charge < -0.3 is 14.9 Å². The van der Waals surface area contributed by atoms with Crippen LogP contribution in [0, 0.1) is 6.92 Å². The largest absolute Gasteiger partial charge is 0.493 e. The summed E-state index contributed by atoms with van der Waals surface area (Å²) in [5, 5.41) is 3.98. The number of rotatable bonds is 6. The van der Waals surface area contributed by atoms with Gasteiger partial charge in [0.05, 0.1) is 13.3 Å². The van der Waals surface area contributed by atoms with Gasteiger partial charge >= 0.3 is 0 Å². The zero-order valence-corrected chi connectivity index (χ0v) is 12.6. The van der Waals surface area contributed by atoms with Crippen LogP contribution in [0.5, 0.6) is 11.5 Å². The predicted molar refractivity (Wildman–Crippen MR) is 85.2 cm³/mol. The number of nitrogens with one attached hydrogen (secondary N) is 1. The molecule has 2 rings (SSSR count). The maximum atomic E-state index is 5.87. The van der Waals surface area contributed by atoms with Crippen LogP contribution >= 0.6 is 0 Å². The Labute approximate surface area is 125 Å². The molecule has 4 nitrogen and oxygen atoms in total. The van der Waals surface area contributed by atoms with E-state index in [0.29, 0.717) is 12.4 Å². The van der Waals surface area contributed by atoms with E-state index >= 15 is 0 Å². The molecule has 0 atom stereocenters. The number of ether oxygens (including phenoxy) is 2. The highest BCUT2D eigenvalue weighted by atomic mass is 16.5. The average molecular weight is 284 g/mol. The van der Waals surface area contributed by atoms with E-state index < -0.39 is 0 Å². The molecule has 0 aliphatic heterocycles. The molecule has 0 aliphatic rings. The number of nitrogens with zero attached hydrogens (tertiary/aromatic N) is 1. The van der Waals surface area contributed by atoms with Crippen molar-refractivity contribution in [3.63, 3.8) is 0 Å². The topological polar surface area (TPSA) is 42.9 Å². The zero-order valence-electron chi connectivity index (χ0n) is 12.6. The highest BCUT2D eigenvalue weighted by molar-refractivity contribution is 5.80. The van der Waals surface area contributed by atoms with Crippen LogP contribution in [0.1, 0.15) is 16.7 Å².